The molecular weight excluding hydrogens is 412 g/mol. The maximum absolute atomic E-state index is 12.2. The van der Waals surface area contributed by atoms with Crippen LogP contribution in [0, 0.1) is 0 Å². The number of rotatable bonds is 8. The van der Waals surface area contributed by atoms with E-state index in [1.807, 2.05) is 60.7 Å². The third-order valence-corrected chi connectivity index (χ3v) is 5.86. The van der Waals surface area contributed by atoms with E-state index in [0.29, 0.717) is 26.0 Å². The molecule has 5 heteroatoms. The molecule has 5 nitrogen and oxygen atoms in total. The van der Waals surface area contributed by atoms with Crippen molar-refractivity contribution in [3.8, 4) is 11.1 Å². The molecule has 2 N–H and O–H groups in total. The normalized spacial score (nSPS) is 12.3. The number of likely N-dealkylation sites (N-methyl/N-ethyl adjacent to an activating group) is 1. The molecule has 0 spiro atoms. The van der Waals surface area contributed by atoms with E-state index < -0.39 is 6.09 Å². The first-order valence-electron chi connectivity index (χ1n) is 11.2. The molecule has 0 saturated carbocycles. The van der Waals surface area contributed by atoms with E-state index in [1.54, 1.807) is 7.05 Å². The van der Waals surface area contributed by atoms with Crippen molar-refractivity contribution >= 4 is 18.1 Å². The molecule has 0 aromatic heterocycles. The van der Waals surface area contributed by atoms with Gasteiger partial charge in [0.05, 0.1) is 6.42 Å². The molecule has 168 valence electrons. The molecule has 2 amide bonds. The average molecular weight is 441 g/mol. The van der Waals surface area contributed by atoms with E-state index in [2.05, 4.69) is 34.9 Å². The van der Waals surface area contributed by atoms with Gasteiger partial charge in [-0.3, -0.25) is 4.79 Å². The fourth-order valence-electron chi connectivity index (χ4n) is 4.15. The quantitative estimate of drug-likeness (QED) is 0.489. The highest BCUT2D eigenvalue weighted by molar-refractivity contribution is 5.79. The van der Waals surface area contributed by atoms with Crippen molar-refractivity contribution in [3.05, 3.63) is 101 Å². The van der Waals surface area contributed by atoms with Gasteiger partial charge in [0.2, 0.25) is 5.91 Å². The van der Waals surface area contributed by atoms with Gasteiger partial charge in [-0.25, -0.2) is 4.79 Å². The maximum Gasteiger partial charge on any atom is 0.407 e. The number of fused-ring (bicyclic) bond motifs is 3. The van der Waals surface area contributed by atoms with Gasteiger partial charge in [0.25, 0.3) is 0 Å². The lowest BCUT2D eigenvalue weighted by Crippen LogP contribution is -2.26. The number of hydrogen-bond donors (Lipinski definition) is 2. The largest absolute Gasteiger partial charge is 0.449 e. The Morgan fingerprint density at radius 2 is 1.55 bits per heavy atom. The van der Waals surface area contributed by atoms with E-state index in [-0.39, 0.29) is 11.8 Å². The number of nitrogens with one attached hydrogen (secondary N) is 2. The van der Waals surface area contributed by atoms with E-state index in [1.165, 1.54) is 22.3 Å². The van der Waals surface area contributed by atoms with Crippen molar-refractivity contribution in [3.63, 3.8) is 0 Å². The summed E-state index contributed by atoms with van der Waals surface area (Å²) >= 11 is 0. The summed E-state index contributed by atoms with van der Waals surface area (Å²) in [6, 6.07) is 24.4. The molecule has 4 rings (SSSR count). The zero-order valence-corrected chi connectivity index (χ0v) is 18.7. The number of carbonyl (C=O) groups excluding carboxylic acids is 2. The zero-order valence-electron chi connectivity index (χ0n) is 18.7. The van der Waals surface area contributed by atoms with Crippen LogP contribution >= 0.6 is 0 Å². The molecule has 0 heterocycles. The van der Waals surface area contributed by atoms with Crippen molar-refractivity contribution in [1.82, 2.24) is 10.6 Å². The second-order valence-electron chi connectivity index (χ2n) is 8.03. The van der Waals surface area contributed by atoms with Crippen molar-refractivity contribution < 1.29 is 14.3 Å². The predicted molar refractivity (Wildman–Crippen MR) is 131 cm³/mol. The number of carbonyl (C=O) groups is 2. The van der Waals surface area contributed by atoms with E-state index >= 15 is 0 Å². The highest BCUT2D eigenvalue weighted by Crippen LogP contribution is 2.44. The smallest absolute Gasteiger partial charge is 0.407 e. The van der Waals surface area contributed by atoms with Gasteiger partial charge in [-0.05, 0) is 39.8 Å². The standard InChI is InChI=1S/C28H28N2O3/c1-29-27(31)18-21-15-13-20(14-16-21)8-6-7-17-30-28(32)33-19-26-24-11-4-2-9-22(24)23-10-3-5-12-25(23)26/h2-6,8-16,26H,7,17-19H2,1H3,(H,29,31)(H,30,32). The molecule has 0 unspecified atom stereocenters. The monoisotopic (exact) mass is 440 g/mol. The van der Waals surface area contributed by atoms with Crippen LogP contribution < -0.4 is 10.6 Å². The Balaban J connectivity index is 1.22. The highest BCUT2D eigenvalue weighted by atomic mass is 16.5. The summed E-state index contributed by atoms with van der Waals surface area (Å²) in [7, 11) is 1.63. The van der Waals surface area contributed by atoms with Gasteiger partial charge in [0, 0.05) is 19.5 Å². The van der Waals surface area contributed by atoms with Crippen molar-refractivity contribution in [2.75, 3.05) is 20.2 Å². The number of alkyl carbamates (subject to hydrolysis) is 1. The van der Waals surface area contributed by atoms with Crippen LogP contribution in [0.25, 0.3) is 17.2 Å². The summed E-state index contributed by atoms with van der Waals surface area (Å²) in [6.07, 6.45) is 4.69. The highest BCUT2D eigenvalue weighted by Gasteiger charge is 2.28. The summed E-state index contributed by atoms with van der Waals surface area (Å²) in [4.78, 5) is 23.6. The van der Waals surface area contributed by atoms with Crippen LogP contribution in [0.15, 0.2) is 78.9 Å². The van der Waals surface area contributed by atoms with Gasteiger partial charge >= 0.3 is 6.09 Å². The Kier molecular flexibility index (Phi) is 7.20. The minimum atomic E-state index is -0.399. The molecule has 0 fully saturated rings. The Bertz CT molecular complexity index is 1110. The fourth-order valence-corrected chi connectivity index (χ4v) is 4.15. The summed E-state index contributed by atoms with van der Waals surface area (Å²) < 4.78 is 5.55. The molecule has 0 aliphatic heterocycles. The average Bonchev–Trinajstić information content (AvgIpc) is 3.17. The second-order valence-corrected chi connectivity index (χ2v) is 8.03. The number of benzene rings is 3. The van der Waals surface area contributed by atoms with Crippen LogP contribution in [0.3, 0.4) is 0 Å². The molecule has 1 aliphatic carbocycles. The van der Waals surface area contributed by atoms with E-state index in [9.17, 15) is 9.59 Å². The second kappa shape index (κ2) is 10.6. The number of amides is 2. The first kappa shape index (κ1) is 22.3. The molecule has 3 aromatic rings. The summed E-state index contributed by atoms with van der Waals surface area (Å²) in [5.41, 5.74) is 6.87. The van der Waals surface area contributed by atoms with Gasteiger partial charge in [-0.1, -0.05) is 84.9 Å². The summed E-state index contributed by atoms with van der Waals surface area (Å²) in [5.74, 6) is 0.0621. The van der Waals surface area contributed by atoms with Crippen LogP contribution in [-0.4, -0.2) is 32.2 Å². The Labute approximate surface area is 194 Å². The molecule has 0 bridgehead atoms. The summed E-state index contributed by atoms with van der Waals surface area (Å²) in [5, 5.41) is 5.44. The minimum absolute atomic E-state index is 0.00222. The first-order chi connectivity index (χ1) is 16.2. The molecule has 0 radical (unpaired) electrons. The number of hydrogen-bond acceptors (Lipinski definition) is 3. The van der Waals surface area contributed by atoms with Gasteiger partial charge in [0.15, 0.2) is 0 Å². The lowest BCUT2D eigenvalue weighted by atomic mass is 9.98. The van der Waals surface area contributed by atoms with Crippen LogP contribution in [0.1, 0.15) is 34.6 Å². The molecular formula is C28H28N2O3. The SMILES string of the molecule is CNC(=O)Cc1ccc(C=CCCNC(=O)OCC2c3ccccc3-c3ccccc32)cc1. The van der Waals surface area contributed by atoms with Crippen molar-refractivity contribution in [2.24, 2.45) is 0 Å². The van der Waals surface area contributed by atoms with Crippen molar-refractivity contribution in [2.45, 2.75) is 18.8 Å². The molecule has 0 saturated heterocycles. The Hall–Kier alpha value is -3.86. The Morgan fingerprint density at radius 1 is 0.909 bits per heavy atom. The summed E-state index contributed by atoms with van der Waals surface area (Å²) in [6.45, 7) is 0.819. The zero-order chi connectivity index (χ0) is 23.0. The van der Waals surface area contributed by atoms with E-state index in [0.717, 1.165) is 11.1 Å². The Morgan fingerprint density at radius 3 is 2.18 bits per heavy atom. The third kappa shape index (κ3) is 5.50. The number of ether oxygens (including phenoxy) is 1. The van der Waals surface area contributed by atoms with Gasteiger partial charge in [-0.15, -0.1) is 0 Å². The topological polar surface area (TPSA) is 67.4 Å². The predicted octanol–water partition coefficient (Wildman–Crippen LogP) is 4.92. The lowest BCUT2D eigenvalue weighted by molar-refractivity contribution is -0.119. The minimum Gasteiger partial charge on any atom is -0.449 e. The maximum atomic E-state index is 12.2. The third-order valence-electron chi connectivity index (χ3n) is 5.86. The van der Waals surface area contributed by atoms with Gasteiger partial charge in [0.1, 0.15) is 6.61 Å². The van der Waals surface area contributed by atoms with Crippen LogP contribution in [0.5, 0.6) is 0 Å². The van der Waals surface area contributed by atoms with Crippen LogP contribution in [-0.2, 0) is 16.0 Å². The van der Waals surface area contributed by atoms with Crippen LogP contribution in [0.4, 0.5) is 4.79 Å². The van der Waals surface area contributed by atoms with Gasteiger partial charge in [-0.2, -0.15) is 0 Å². The van der Waals surface area contributed by atoms with E-state index in [4.69, 9.17) is 4.74 Å². The molecule has 1 aliphatic rings. The molecule has 0 atom stereocenters. The lowest BCUT2D eigenvalue weighted by Gasteiger charge is -2.14. The molecule has 33 heavy (non-hydrogen) atoms. The fraction of sp³-hybridized carbons (Fsp3) is 0.214. The van der Waals surface area contributed by atoms with Gasteiger partial charge < -0.3 is 15.4 Å². The van der Waals surface area contributed by atoms with Crippen molar-refractivity contribution in [1.29, 1.82) is 0 Å². The molecule has 3 aromatic carbocycles. The van der Waals surface area contributed by atoms with Crippen LogP contribution in [0.2, 0.25) is 0 Å². The first-order valence-corrected chi connectivity index (χ1v) is 11.2.